The molecule has 1 fully saturated rings. The Morgan fingerprint density at radius 3 is 2.78 bits per heavy atom. The van der Waals surface area contributed by atoms with Gasteiger partial charge in [0, 0.05) is 29.2 Å². The van der Waals surface area contributed by atoms with Crippen molar-refractivity contribution in [3.05, 3.63) is 28.8 Å². The van der Waals surface area contributed by atoms with Crippen molar-refractivity contribution in [2.45, 2.75) is 37.8 Å². The molecule has 18 heavy (non-hydrogen) atoms. The van der Waals surface area contributed by atoms with Gasteiger partial charge < -0.3 is 15.8 Å². The zero-order chi connectivity index (χ0) is 13.0. The molecule has 0 heterocycles. The molecule has 0 aromatic heterocycles. The lowest BCUT2D eigenvalue weighted by Gasteiger charge is -2.24. The Morgan fingerprint density at radius 1 is 1.44 bits per heavy atom. The Kier molecular flexibility index (Phi) is 4.87. The van der Waals surface area contributed by atoms with E-state index >= 15 is 0 Å². The van der Waals surface area contributed by atoms with E-state index in [4.69, 9.17) is 22.1 Å². The third kappa shape index (κ3) is 2.97. The molecule has 1 aromatic carbocycles. The van der Waals surface area contributed by atoms with E-state index < -0.39 is 0 Å². The van der Waals surface area contributed by atoms with Gasteiger partial charge in [-0.15, -0.1) is 0 Å². The van der Waals surface area contributed by atoms with Crippen LogP contribution in [0.1, 0.15) is 37.3 Å². The van der Waals surface area contributed by atoms with Gasteiger partial charge in [0.15, 0.2) is 0 Å². The van der Waals surface area contributed by atoms with Gasteiger partial charge in [-0.05, 0) is 25.0 Å². The molecule has 0 aliphatic heterocycles. The number of benzene rings is 1. The minimum atomic E-state index is 0.0664. The fourth-order valence-corrected chi connectivity index (χ4v) is 2.98. The van der Waals surface area contributed by atoms with Crippen LogP contribution < -0.4 is 15.8 Å². The molecule has 3 N–H and O–H groups in total. The number of rotatable bonds is 5. The normalized spacial score (nSPS) is 17.9. The first-order valence-corrected chi connectivity index (χ1v) is 6.92. The maximum Gasteiger partial charge on any atom is 0.125 e. The second-order valence-electron chi connectivity index (χ2n) is 4.79. The summed E-state index contributed by atoms with van der Waals surface area (Å²) in [7, 11) is 1.66. The third-order valence-corrected chi connectivity index (χ3v) is 3.94. The average molecular weight is 269 g/mol. The summed E-state index contributed by atoms with van der Waals surface area (Å²) in [5, 5.41) is 4.33. The fourth-order valence-electron chi connectivity index (χ4n) is 2.68. The summed E-state index contributed by atoms with van der Waals surface area (Å²) in [5.41, 5.74) is 6.88. The highest BCUT2D eigenvalue weighted by atomic mass is 35.5. The summed E-state index contributed by atoms with van der Waals surface area (Å²) in [6.07, 6.45) is 5.05. The fraction of sp³-hybridized carbons (Fsp3) is 0.571. The summed E-state index contributed by atoms with van der Waals surface area (Å²) in [6, 6.07) is 6.34. The molecule has 1 aliphatic carbocycles. The summed E-state index contributed by atoms with van der Waals surface area (Å²) < 4.78 is 5.39. The molecule has 0 amide bonds. The summed E-state index contributed by atoms with van der Waals surface area (Å²) in [5.74, 6) is 0.809. The van der Waals surface area contributed by atoms with Crippen LogP contribution in [0.3, 0.4) is 0 Å². The third-order valence-electron chi connectivity index (χ3n) is 3.61. The molecular formula is C14H21ClN2O. The number of nitrogens with two attached hydrogens (primary N) is 1. The Bertz CT molecular complexity index is 391. The van der Waals surface area contributed by atoms with Gasteiger partial charge in [-0.2, -0.15) is 0 Å². The Labute approximate surface area is 114 Å². The van der Waals surface area contributed by atoms with Gasteiger partial charge in [0.05, 0.1) is 7.11 Å². The molecule has 4 heteroatoms. The number of nitrogens with one attached hydrogen (secondary N) is 1. The van der Waals surface area contributed by atoms with Crippen molar-refractivity contribution in [1.29, 1.82) is 0 Å². The lowest BCUT2D eigenvalue weighted by atomic mass is 10.0. The van der Waals surface area contributed by atoms with Crippen LogP contribution in [0.4, 0.5) is 0 Å². The molecule has 0 bridgehead atoms. The molecule has 0 radical (unpaired) electrons. The van der Waals surface area contributed by atoms with Crippen LogP contribution in [0.2, 0.25) is 5.02 Å². The second-order valence-corrected chi connectivity index (χ2v) is 5.20. The van der Waals surface area contributed by atoms with Gasteiger partial charge in [-0.1, -0.05) is 30.5 Å². The van der Waals surface area contributed by atoms with Gasteiger partial charge in [-0.25, -0.2) is 0 Å². The molecule has 3 nitrogen and oxygen atoms in total. The topological polar surface area (TPSA) is 47.3 Å². The maximum atomic E-state index is 6.29. The zero-order valence-corrected chi connectivity index (χ0v) is 11.5. The smallest absolute Gasteiger partial charge is 0.125 e. The molecule has 1 unspecified atom stereocenters. The van der Waals surface area contributed by atoms with Crippen molar-refractivity contribution in [1.82, 2.24) is 5.32 Å². The van der Waals surface area contributed by atoms with Gasteiger partial charge in [0.2, 0.25) is 0 Å². The molecule has 1 aromatic rings. The van der Waals surface area contributed by atoms with Crippen molar-refractivity contribution in [3.63, 3.8) is 0 Å². The highest BCUT2D eigenvalue weighted by Crippen LogP contribution is 2.33. The lowest BCUT2D eigenvalue weighted by Crippen LogP contribution is -2.35. The van der Waals surface area contributed by atoms with Crippen molar-refractivity contribution < 1.29 is 4.74 Å². The highest BCUT2D eigenvalue weighted by molar-refractivity contribution is 6.31. The molecule has 0 spiro atoms. The van der Waals surface area contributed by atoms with Crippen LogP contribution in [0.15, 0.2) is 18.2 Å². The zero-order valence-electron chi connectivity index (χ0n) is 10.8. The molecule has 1 aliphatic rings. The van der Waals surface area contributed by atoms with Crippen LogP contribution in [-0.2, 0) is 0 Å². The van der Waals surface area contributed by atoms with E-state index in [9.17, 15) is 0 Å². The lowest BCUT2D eigenvalue weighted by molar-refractivity contribution is 0.388. The van der Waals surface area contributed by atoms with Crippen molar-refractivity contribution in [2.75, 3.05) is 13.7 Å². The van der Waals surface area contributed by atoms with Gasteiger partial charge in [0.25, 0.3) is 0 Å². The van der Waals surface area contributed by atoms with Crippen molar-refractivity contribution in [2.24, 2.45) is 5.73 Å². The average Bonchev–Trinajstić information content (AvgIpc) is 2.89. The van der Waals surface area contributed by atoms with E-state index in [0.717, 1.165) is 16.3 Å². The molecule has 2 rings (SSSR count). The minimum absolute atomic E-state index is 0.0664. The second kappa shape index (κ2) is 6.41. The monoisotopic (exact) mass is 268 g/mol. The standard InChI is InChI=1S/C14H21ClN2O/c1-18-13-8-4-7-11(15)14(13)12(9-16)17-10-5-2-3-6-10/h4,7-8,10,12,17H,2-3,5-6,9,16H2,1H3. The molecule has 100 valence electrons. The maximum absolute atomic E-state index is 6.29. The van der Waals surface area contributed by atoms with E-state index in [1.807, 2.05) is 18.2 Å². The van der Waals surface area contributed by atoms with E-state index in [0.29, 0.717) is 12.6 Å². The van der Waals surface area contributed by atoms with Crippen LogP contribution in [0.25, 0.3) is 0 Å². The van der Waals surface area contributed by atoms with Gasteiger partial charge in [-0.3, -0.25) is 0 Å². The van der Waals surface area contributed by atoms with E-state index in [-0.39, 0.29) is 6.04 Å². The van der Waals surface area contributed by atoms with E-state index in [1.165, 1.54) is 25.7 Å². The number of hydrogen-bond acceptors (Lipinski definition) is 3. The van der Waals surface area contributed by atoms with Crippen LogP contribution in [0.5, 0.6) is 5.75 Å². The molecule has 1 atom stereocenters. The SMILES string of the molecule is COc1cccc(Cl)c1C(CN)NC1CCCC1. The van der Waals surface area contributed by atoms with Crippen LogP contribution >= 0.6 is 11.6 Å². The van der Waals surface area contributed by atoms with Crippen molar-refractivity contribution >= 4 is 11.6 Å². The van der Waals surface area contributed by atoms with Gasteiger partial charge >= 0.3 is 0 Å². The number of halogens is 1. The first-order valence-electron chi connectivity index (χ1n) is 6.54. The number of hydrogen-bond donors (Lipinski definition) is 2. The Morgan fingerprint density at radius 2 is 2.17 bits per heavy atom. The molecule has 1 saturated carbocycles. The number of methoxy groups -OCH3 is 1. The largest absolute Gasteiger partial charge is 0.496 e. The van der Waals surface area contributed by atoms with E-state index in [2.05, 4.69) is 5.32 Å². The van der Waals surface area contributed by atoms with Gasteiger partial charge in [0.1, 0.15) is 5.75 Å². The molecule has 0 saturated heterocycles. The minimum Gasteiger partial charge on any atom is -0.496 e. The quantitative estimate of drug-likeness (QED) is 0.863. The summed E-state index contributed by atoms with van der Waals surface area (Å²) in [6.45, 7) is 0.524. The first-order chi connectivity index (χ1) is 8.76. The number of ether oxygens (including phenoxy) is 1. The Hall–Kier alpha value is -0.770. The van der Waals surface area contributed by atoms with Crippen molar-refractivity contribution in [3.8, 4) is 5.75 Å². The predicted molar refractivity (Wildman–Crippen MR) is 75.2 cm³/mol. The predicted octanol–water partition coefficient (Wildman–Crippen LogP) is 2.88. The van der Waals surface area contributed by atoms with Crippen LogP contribution in [0, 0.1) is 0 Å². The summed E-state index contributed by atoms with van der Waals surface area (Å²) in [4.78, 5) is 0. The first kappa shape index (κ1) is 13.7. The summed E-state index contributed by atoms with van der Waals surface area (Å²) >= 11 is 6.29. The van der Waals surface area contributed by atoms with Crippen LogP contribution in [-0.4, -0.2) is 19.7 Å². The Balaban J connectivity index is 2.20. The molecular weight excluding hydrogens is 248 g/mol. The highest BCUT2D eigenvalue weighted by Gasteiger charge is 2.23. The van der Waals surface area contributed by atoms with E-state index in [1.54, 1.807) is 7.11 Å².